The Bertz CT molecular complexity index is 364. The number of hydrogen-bond acceptors (Lipinski definition) is 5. The minimum Gasteiger partial charge on any atom is -0.390 e. The highest BCUT2D eigenvalue weighted by atomic mass is 32.2. The summed E-state index contributed by atoms with van der Waals surface area (Å²) in [5, 5.41) is 9.63. The lowest BCUT2D eigenvalue weighted by Gasteiger charge is -2.32. The molecular weight excluding hydrogens is 218 g/mol. The lowest BCUT2D eigenvalue weighted by molar-refractivity contribution is -0.123. The number of aliphatic hydroxyl groups excluding tert-OH is 1. The van der Waals surface area contributed by atoms with Gasteiger partial charge in [-0.15, -0.1) is 0 Å². The van der Waals surface area contributed by atoms with Crippen LogP contribution in [-0.4, -0.2) is 60.9 Å². The molecule has 2 aliphatic heterocycles. The van der Waals surface area contributed by atoms with E-state index >= 15 is 0 Å². The van der Waals surface area contributed by atoms with Crippen molar-refractivity contribution in [1.82, 2.24) is 4.90 Å². The van der Waals surface area contributed by atoms with Crippen molar-refractivity contribution in [2.75, 3.05) is 24.6 Å². The van der Waals surface area contributed by atoms with Crippen molar-refractivity contribution in [2.45, 2.75) is 25.0 Å². The first-order valence-electron chi connectivity index (χ1n) is 5.12. The van der Waals surface area contributed by atoms with E-state index in [9.17, 15) is 18.3 Å². The molecule has 2 aliphatic rings. The van der Waals surface area contributed by atoms with Gasteiger partial charge in [-0.1, -0.05) is 0 Å². The second-order valence-electron chi connectivity index (χ2n) is 4.32. The summed E-state index contributed by atoms with van der Waals surface area (Å²) in [7, 11) is -3.11. The summed E-state index contributed by atoms with van der Waals surface area (Å²) in [6.07, 6.45) is 0.509. The quantitative estimate of drug-likeness (QED) is 0.616. The highest BCUT2D eigenvalue weighted by molar-refractivity contribution is 7.91. The molecule has 15 heavy (non-hydrogen) atoms. The number of ketones is 1. The SMILES string of the molecule is O=C1CCCN(C2CS(=O)(=O)CC2O)C1. The number of sulfone groups is 1. The third kappa shape index (κ3) is 2.38. The summed E-state index contributed by atoms with van der Waals surface area (Å²) in [6, 6.07) is -0.376. The van der Waals surface area contributed by atoms with Crippen molar-refractivity contribution in [3.8, 4) is 0 Å². The van der Waals surface area contributed by atoms with Gasteiger partial charge in [0.2, 0.25) is 0 Å². The highest BCUT2D eigenvalue weighted by Crippen LogP contribution is 2.21. The molecule has 1 N–H and O–H groups in total. The predicted octanol–water partition coefficient (Wildman–Crippen LogP) is -1.19. The van der Waals surface area contributed by atoms with E-state index in [2.05, 4.69) is 0 Å². The average molecular weight is 233 g/mol. The molecule has 0 aromatic heterocycles. The van der Waals surface area contributed by atoms with Gasteiger partial charge < -0.3 is 5.11 Å². The van der Waals surface area contributed by atoms with Crippen molar-refractivity contribution in [2.24, 2.45) is 0 Å². The van der Waals surface area contributed by atoms with Crippen LogP contribution in [0.5, 0.6) is 0 Å². The lowest BCUT2D eigenvalue weighted by atomic mass is 10.1. The number of rotatable bonds is 1. The van der Waals surface area contributed by atoms with Crippen molar-refractivity contribution in [3.63, 3.8) is 0 Å². The van der Waals surface area contributed by atoms with Crippen LogP contribution >= 0.6 is 0 Å². The van der Waals surface area contributed by atoms with Crippen LogP contribution in [0.25, 0.3) is 0 Å². The van der Waals surface area contributed by atoms with Crippen LogP contribution in [0.4, 0.5) is 0 Å². The second-order valence-corrected chi connectivity index (χ2v) is 6.48. The van der Waals surface area contributed by atoms with Crippen LogP contribution < -0.4 is 0 Å². The van der Waals surface area contributed by atoms with Gasteiger partial charge in [-0.2, -0.15) is 0 Å². The maximum absolute atomic E-state index is 11.3. The zero-order valence-corrected chi connectivity index (χ0v) is 9.24. The number of carbonyl (C=O) groups excluding carboxylic acids is 1. The molecule has 0 aromatic rings. The molecule has 2 atom stereocenters. The van der Waals surface area contributed by atoms with E-state index in [4.69, 9.17) is 0 Å². The van der Waals surface area contributed by atoms with E-state index < -0.39 is 15.9 Å². The van der Waals surface area contributed by atoms with Gasteiger partial charge in [0.1, 0.15) is 5.78 Å². The molecule has 0 spiro atoms. The molecule has 2 heterocycles. The molecule has 0 radical (unpaired) electrons. The topological polar surface area (TPSA) is 74.7 Å². The fourth-order valence-electron chi connectivity index (χ4n) is 2.31. The van der Waals surface area contributed by atoms with Gasteiger partial charge in [0.15, 0.2) is 9.84 Å². The summed E-state index contributed by atoms with van der Waals surface area (Å²) in [4.78, 5) is 13.0. The lowest BCUT2D eigenvalue weighted by Crippen LogP contribution is -2.48. The summed E-state index contributed by atoms with van der Waals surface area (Å²) >= 11 is 0. The van der Waals surface area contributed by atoms with Gasteiger partial charge in [-0.05, 0) is 13.0 Å². The molecule has 0 aliphatic carbocycles. The number of carbonyl (C=O) groups is 1. The van der Waals surface area contributed by atoms with Crippen LogP contribution in [0.3, 0.4) is 0 Å². The fourth-order valence-corrected chi connectivity index (χ4v) is 4.14. The monoisotopic (exact) mass is 233 g/mol. The number of hydrogen-bond donors (Lipinski definition) is 1. The Morgan fingerprint density at radius 2 is 2.07 bits per heavy atom. The summed E-state index contributed by atoms with van der Waals surface area (Å²) in [5.41, 5.74) is 0. The minimum absolute atomic E-state index is 0.0125. The molecule has 0 aromatic carbocycles. The first-order chi connectivity index (χ1) is 6.98. The second kappa shape index (κ2) is 3.84. The number of piperidine rings is 1. The summed E-state index contributed by atoms with van der Waals surface area (Å²) < 4.78 is 22.6. The van der Waals surface area contributed by atoms with Crippen molar-refractivity contribution >= 4 is 15.6 Å². The zero-order chi connectivity index (χ0) is 11.1. The molecular formula is C9H15NO4S. The first-order valence-corrected chi connectivity index (χ1v) is 6.94. The molecule has 2 fully saturated rings. The largest absolute Gasteiger partial charge is 0.390 e. The van der Waals surface area contributed by atoms with Gasteiger partial charge in [-0.25, -0.2) is 8.42 Å². The van der Waals surface area contributed by atoms with Crippen molar-refractivity contribution < 1.29 is 18.3 Å². The normalized spacial score (nSPS) is 37.0. The Morgan fingerprint density at radius 1 is 1.33 bits per heavy atom. The molecule has 86 valence electrons. The predicted molar refractivity (Wildman–Crippen MR) is 54.3 cm³/mol. The fraction of sp³-hybridized carbons (Fsp3) is 0.889. The van der Waals surface area contributed by atoms with E-state index in [0.29, 0.717) is 13.0 Å². The van der Waals surface area contributed by atoms with E-state index in [0.717, 1.165) is 6.42 Å². The van der Waals surface area contributed by atoms with E-state index in [1.165, 1.54) is 0 Å². The third-order valence-electron chi connectivity index (χ3n) is 3.04. The maximum Gasteiger partial charge on any atom is 0.154 e. The smallest absolute Gasteiger partial charge is 0.154 e. The molecule has 0 bridgehead atoms. The van der Waals surface area contributed by atoms with Crippen LogP contribution in [0.1, 0.15) is 12.8 Å². The van der Waals surface area contributed by atoms with Crippen molar-refractivity contribution in [1.29, 1.82) is 0 Å². The number of Topliss-reactive ketones (excluding diaryl/α,β-unsaturated/α-hetero) is 1. The van der Waals surface area contributed by atoms with Crippen LogP contribution in [0.2, 0.25) is 0 Å². The Labute approximate surface area is 89.0 Å². The van der Waals surface area contributed by atoms with Gasteiger partial charge in [0.05, 0.1) is 30.2 Å². The molecule has 6 heteroatoms. The summed E-state index contributed by atoms with van der Waals surface area (Å²) in [5.74, 6) is -0.0400. The van der Waals surface area contributed by atoms with Crippen molar-refractivity contribution in [3.05, 3.63) is 0 Å². The van der Waals surface area contributed by atoms with Crippen LogP contribution in [0, 0.1) is 0 Å². The van der Waals surface area contributed by atoms with Gasteiger partial charge >= 0.3 is 0 Å². The third-order valence-corrected chi connectivity index (χ3v) is 4.74. The Hall–Kier alpha value is -0.460. The number of likely N-dealkylation sites (tertiary alicyclic amines) is 1. The molecule has 2 unspecified atom stereocenters. The zero-order valence-electron chi connectivity index (χ0n) is 8.42. The molecule has 2 rings (SSSR count). The standard InChI is InChI=1S/C9H15NO4S/c11-7-2-1-3-10(4-7)8-5-15(13,14)6-9(8)12/h8-9,12H,1-6H2. The first kappa shape index (κ1) is 11.0. The van der Waals surface area contributed by atoms with E-state index in [-0.39, 0.29) is 29.9 Å². The van der Waals surface area contributed by atoms with Gasteiger partial charge in [0, 0.05) is 6.42 Å². The Morgan fingerprint density at radius 3 is 2.60 bits per heavy atom. The van der Waals surface area contributed by atoms with Crippen LogP contribution in [-0.2, 0) is 14.6 Å². The van der Waals surface area contributed by atoms with Crippen LogP contribution in [0.15, 0.2) is 0 Å². The highest BCUT2D eigenvalue weighted by Gasteiger charge is 2.40. The summed E-state index contributed by atoms with van der Waals surface area (Å²) in [6.45, 7) is 1.00. The number of nitrogens with zero attached hydrogens (tertiary/aromatic N) is 1. The van der Waals surface area contributed by atoms with Gasteiger partial charge in [0.25, 0.3) is 0 Å². The minimum atomic E-state index is -3.11. The van der Waals surface area contributed by atoms with Gasteiger partial charge in [-0.3, -0.25) is 9.69 Å². The maximum atomic E-state index is 11.3. The van der Waals surface area contributed by atoms with E-state index in [1.807, 2.05) is 0 Å². The Balaban J connectivity index is 2.08. The Kier molecular flexibility index (Phi) is 2.83. The molecule has 5 nitrogen and oxygen atoms in total. The van der Waals surface area contributed by atoms with E-state index in [1.54, 1.807) is 4.90 Å². The number of aliphatic hydroxyl groups is 1. The molecule has 2 saturated heterocycles. The molecule has 0 amide bonds. The molecule has 0 saturated carbocycles. The average Bonchev–Trinajstić information content (AvgIpc) is 2.40.